The number of hydrogen-bond donors (Lipinski definition) is 0. The van der Waals surface area contributed by atoms with Gasteiger partial charge in [0.2, 0.25) is 10.8 Å². The number of hydrogen-bond acceptors (Lipinski definition) is 7. The van der Waals surface area contributed by atoms with Gasteiger partial charge in [-0.1, -0.05) is 12.2 Å². The van der Waals surface area contributed by atoms with E-state index in [0.29, 0.717) is 0 Å². The monoisotopic (exact) mass is 264 g/mol. The Morgan fingerprint density at radius 3 is 1.55 bits per heavy atom. The zero-order valence-corrected chi connectivity index (χ0v) is 9.88. The summed E-state index contributed by atoms with van der Waals surface area (Å²) in [5, 5.41) is 37.8. The molecule has 0 amide bonds. The Kier molecular flexibility index (Phi) is 1.71. The summed E-state index contributed by atoms with van der Waals surface area (Å²) in [5.41, 5.74) is -7.97. The first-order valence-electron chi connectivity index (χ1n) is 5.58. The predicted octanol–water partition coefficient (Wildman–Crippen LogP) is 0.0832. The van der Waals surface area contributed by atoms with Crippen molar-refractivity contribution < 1.29 is 14.3 Å². The first kappa shape index (κ1) is 11.9. The number of carbonyl (C=O) groups is 2. The summed E-state index contributed by atoms with van der Waals surface area (Å²) in [7, 11) is 0. The summed E-state index contributed by atoms with van der Waals surface area (Å²) in [4.78, 5) is 24.2. The van der Waals surface area contributed by atoms with Gasteiger partial charge in [0.05, 0.1) is 24.3 Å². The number of nitrogens with zero attached hydrogens (tertiary/aromatic N) is 4. The van der Waals surface area contributed by atoms with Gasteiger partial charge in [-0.25, -0.2) is 9.59 Å². The van der Waals surface area contributed by atoms with Crippen LogP contribution in [-0.4, -0.2) is 11.9 Å². The van der Waals surface area contributed by atoms with Crippen molar-refractivity contribution in [3.05, 3.63) is 12.2 Å². The third-order valence-corrected chi connectivity index (χ3v) is 4.64. The normalized spacial score (nSPS) is 46.8. The second kappa shape index (κ2) is 2.87. The van der Waals surface area contributed by atoms with Crippen LogP contribution >= 0.6 is 0 Å². The van der Waals surface area contributed by atoms with Crippen molar-refractivity contribution in [1.29, 1.82) is 21.0 Å². The molecule has 1 saturated heterocycles. The maximum absolute atomic E-state index is 12.1. The molecule has 3 rings (SSSR count). The number of allylic oxidation sites excluding steroid dienone is 2. The summed E-state index contributed by atoms with van der Waals surface area (Å²) in [6, 6.07) is 6.97. The number of cyclic esters (lactones) is 2. The highest BCUT2D eigenvalue weighted by Gasteiger charge is 2.91. The minimum Gasteiger partial charge on any atom is -0.391 e. The van der Waals surface area contributed by atoms with Crippen LogP contribution in [-0.2, 0) is 14.3 Å². The van der Waals surface area contributed by atoms with Gasteiger partial charge in [-0.3, -0.25) is 0 Å². The first-order valence-corrected chi connectivity index (χ1v) is 5.58. The maximum Gasteiger partial charge on any atom is 0.338 e. The summed E-state index contributed by atoms with van der Waals surface area (Å²) in [5.74, 6) is -2.45. The number of carbonyl (C=O) groups excluding carboxylic acids is 2. The number of rotatable bonds is 0. The number of esters is 2. The second-order valence-electron chi connectivity index (χ2n) is 5.08. The van der Waals surface area contributed by atoms with Crippen molar-refractivity contribution >= 4 is 11.9 Å². The molecule has 0 N–H and O–H groups in total. The lowest BCUT2D eigenvalue weighted by atomic mass is 9.52. The van der Waals surface area contributed by atoms with Gasteiger partial charge in [-0.2, -0.15) is 21.0 Å². The fourth-order valence-corrected chi connectivity index (χ4v) is 3.71. The lowest BCUT2D eigenvalue weighted by Crippen LogP contribution is -2.53. The topological polar surface area (TPSA) is 139 Å². The van der Waals surface area contributed by atoms with E-state index >= 15 is 0 Å². The molecule has 0 aromatic rings. The minimum atomic E-state index is -2.29. The molecule has 7 nitrogen and oxygen atoms in total. The van der Waals surface area contributed by atoms with Crippen molar-refractivity contribution in [1.82, 2.24) is 0 Å². The molecule has 2 fully saturated rings. The van der Waals surface area contributed by atoms with E-state index in [1.165, 1.54) is 12.2 Å². The molecule has 2 aliphatic carbocycles. The third-order valence-electron chi connectivity index (χ3n) is 4.64. The Balaban J connectivity index is 2.55. The van der Waals surface area contributed by atoms with Gasteiger partial charge < -0.3 is 4.74 Å². The SMILES string of the molecule is N#C[C@]12C(=O)OC(=O)[C@@]1(C#N)[C@@]1(C#N)C=C[C@]2(C#N)C1. The highest BCUT2D eigenvalue weighted by molar-refractivity contribution is 6.09. The average Bonchev–Trinajstić information content (AvgIpc) is 3.03. The summed E-state index contributed by atoms with van der Waals surface area (Å²) in [6.07, 6.45) is 2.30. The van der Waals surface area contributed by atoms with Crippen molar-refractivity contribution in [3.63, 3.8) is 0 Å². The van der Waals surface area contributed by atoms with Crippen LogP contribution in [0.2, 0.25) is 0 Å². The zero-order chi connectivity index (χ0) is 14.8. The van der Waals surface area contributed by atoms with Crippen LogP contribution in [0, 0.1) is 67.0 Å². The standard InChI is InChI=1S/C13H4N4O3/c14-4-10-1-2-11(3-10,5-15)13(7-17)9(19)20-8(18)12(10,13)6-16/h1-2H,3H2/t10-,11+,12-,13+. The fourth-order valence-electron chi connectivity index (χ4n) is 3.71. The van der Waals surface area contributed by atoms with Crippen molar-refractivity contribution in [2.75, 3.05) is 0 Å². The Morgan fingerprint density at radius 1 is 0.850 bits per heavy atom. The molecule has 0 radical (unpaired) electrons. The van der Waals surface area contributed by atoms with Crippen molar-refractivity contribution in [2.45, 2.75) is 6.42 Å². The smallest absolute Gasteiger partial charge is 0.338 e. The van der Waals surface area contributed by atoms with Crippen molar-refractivity contribution in [2.24, 2.45) is 21.7 Å². The van der Waals surface area contributed by atoms with Crippen LogP contribution in [0.5, 0.6) is 0 Å². The lowest BCUT2D eigenvalue weighted by molar-refractivity contribution is -0.156. The molecule has 94 valence electrons. The molecule has 4 atom stereocenters. The third kappa shape index (κ3) is 0.676. The molecule has 20 heavy (non-hydrogen) atoms. The van der Waals surface area contributed by atoms with Gasteiger partial charge in [0.1, 0.15) is 10.8 Å². The highest BCUT2D eigenvalue weighted by atomic mass is 16.6. The summed E-state index contributed by atoms with van der Waals surface area (Å²) >= 11 is 0. The molecule has 0 spiro atoms. The molecule has 1 saturated carbocycles. The quantitative estimate of drug-likeness (QED) is 0.343. The lowest BCUT2D eigenvalue weighted by Gasteiger charge is -2.35. The van der Waals surface area contributed by atoms with E-state index in [1.54, 1.807) is 12.1 Å². The van der Waals surface area contributed by atoms with Gasteiger partial charge in [-0.05, 0) is 6.42 Å². The Labute approximate surface area is 112 Å². The van der Waals surface area contributed by atoms with Gasteiger partial charge in [0.15, 0.2) is 0 Å². The molecule has 0 unspecified atom stereocenters. The van der Waals surface area contributed by atoms with Gasteiger partial charge >= 0.3 is 11.9 Å². The number of ether oxygens (including phenoxy) is 1. The largest absolute Gasteiger partial charge is 0.391 e. The predicted molar refractivity (Wildman–Crippen MR) is 57.0 cm³/mol. The van der Waals surface area contributed by atoms with Crippen molar-refractivity contribution in [3.8, 4) is 24.3 Å². The summed E-state index contributed by atoms with van der Waals surface area (Å²) < 4.78 is 4.49. The maximum atomic E-state index is 12.1. The van der Waals surface area contributed by atoms with Crippen LogP contribution in [0.1, 0.15) is 6.42 Å². The van der Waals surface area contributed by atoms with Crippen LogP contribution in [0.3, 0.4) is 0 Å². The number of fused-ring (bicyclic) bond motifs is 5. The van der Waals surface area contributed by atoms with E-state index < -0.39 is 33.6 Å². The summed E-state index contributed by atoms with van der Waals surface area (Å²) in [6.45, 7) is 0. The Morgan fingerprint density at radius 2 is 1.25 bits per heavy atom. The van der Waals surface area contributed by atoms with E-state index in [0.717, 1.165) is 0 Å². The van der Waals surface area contributed by atoms with Gasteiger partial charge in [0.25, 0.3) is 0 Å². The Bertz CT molecular complexity index is 724. The second-order valence-corrected chi connectivity index (χ2v) is 5.08. The highest BCUT2D eigenvalue weighted by Crippen LogP contribution is 2.77. The van der Waals surface area contributed by atoms with Crippen LogP contribution in [0.15, 0.2) is 12.2 Å². The van der Waals surface area contributed by atoms with E-state index in [2.05, 4.69) is 4.74 Å². The molecule has 1 heterocycles. The average molecular weight is 264 g/mol. The molecular formula is C13H4N4O3. The molecule has 0 aromatic heterocycles. The van der Waals surface area contributed by atoms with E-state index in [4.69, 9.17) is 0 Å². The zero-order valence-electron chi connectivity index (χ0n) is 9.88. The molecular weight excluding hydrogens is 260 g/mol. The van der Waals surface area contributed by atoms with Crippen LogP contribution in [0.25, 0.3) is 0 Å². The molecule has 3 aliphatic rings. The van der Waals surface area contributed by atoms with Crippen LogP contribution < -0.4 is 0 Å². The van der Waals surface area contributed by atoms with Crippen LogP contribution in [0.4, 0.5) is 0 Å². The van der Waals surface area contributed by atoms with E-state index in [-0.39, 0.29) is 6.42 Å². The van der Waals surface area contributed by atoms with Gasteiger partial charge in [-0.15, -0.1) is 0 Å². The Hall–Kier alpha value is -3.16. The number of nitriles is 4. The van der Waals surface area contributed by atoms with Gasteiger partial charge in [0, 0.05) is 0 Å². The first-order chi connectivity index (χ1) is 9.46. The molecule has 0 aromatic carbocycles. The minimum absolute atomic E-state index is 0.241. The van der Waals surface area contributed by atoms with E-state index in [9.17, 15) is 30.6 Å². The molecule has 2 bridgehead atoms. The molecule has 1 aliphatic heterocycles. The molecule has 7 heteroatoms. The van der Waals surface area contributed by atoms with E-state index in [1.807, 2.05) is 12.1 Å². The fraction of sp³-hybridized carbons (Fsp3) is 0.385.